The highest BCUT2D eigenvalue weighted by Crippen LogP contribution is 2.27. The van der Waals surface area contributed by atoms with E-state index in [1.165, 1.54) is 13.2 Å². The summed E-state index contributed by atoms with van der Waals surface area (Å²) in [5, 5.41) is 5.98. The van der Waals surface area contributed by atoms with Crippen molar-refractivity contribution in [2.45, 2.75) is 0 Å². The van der Waals surface area contributed by atoms with Crippen LogP contribution < -0.4 is 15.4 Å². The molecule has 0 spiro atoms. The van der Waals surface area contributed by atoms with Gasteiger partial charge < -0.3 is 14.8 Å². The number of ether oxygens (including phenoxy) is 2. The minimum Gasteiger partial charge on any atom is -0.482 e. The number of esters is 1. The zero-order chi connectivity index (χ0) is 19.1. The van der Waals surface area contributed by atoms with Gasteiger partial charge in [0, 0.05) is 5.02 Å². The van der Waals surface area contributed by atoms with Crippen LogP contribution in [-0.2, 0) is 9.53 Å². The number of carbonyl (C=O) groups excluding carboxylic acids is 2. The summed E-state index contributed by atoms with van der Waals surface area (Å²) in [7, 11) is 1.28. The van der Waals surface area contributed by atoms with Gasteiger partial charge in [0.15, 0.2) is 11.7 Å². The van der Waals surface area contributed by atoms with Crippen LogP contribution in [0.2, 0.25) is 10.0 Å². The number of para-hydroxylation sites is 1. The van der Waals surface area contributed by atoms with Crippen LogP contribution in [0.4, 0.5) is 5.69 Å². The predicted molar refractivity (Wildman–Crippen MR) is 104 cm³/mol. The van der Waals surface area contributed by atoms with Gasteiger partial charge >= 0.3 is 5.97 Å². The van der Waals surface area contributed by atoms with Gasteiger partial charge in [-0.2, -0.15) is 0 Å². The number of thiocarbonyl (C=S) groups is 1. The normalized spacial score (nSPS) is 9.96. The molecule has 2 aromatic carbocycles. The van der Waals surface area contributed by atoms with Crippen molar-refractivity contribution in [3.63, 3.8) is 0 Å². The molecule has 0 aliphatic rings. The largest absolute Gasteiger partial charge is 0.482 e. The Morgan fingerprint density at radius 1 is 1.15 bits per heavy atom. The van der Waals surface area contributed by atoms with Crippen molar-refractivity contribution < 1.29 is 19.1 Å². The molecule has 0 aromatic heterocycles. The first-order chi connectivity index (χ1) is 12.4. The number of carbonyl (C=O) groups is 2. The number of hydrogen-bond acceptors (Lipinski definition) is 5. The number of hydrogen-bond donors (Lipinski definition) is 2. The molecule has 0 saturated heterocycles. The first-order valence-corrected chi connectivity index (χ1v) is 8.43. The lowest BCUT2D eigenvalue weighted by Crippen LogP contribution is -2.37. The van der Waals surface area contributed by atoms with E-state index in [2.05, 4.69) is 10.6 Å². The van der Waals surface area contributed by atoms with Gasteiger partial charge in [-0.05, 0) is 42.5 Å². The van der Waals surface area contributed by atoms with E-state index in [-0.39, 0.29) is 22.3 Å². The fourth-order valence-electron chi connectivity index (χ4n) is 1.93. The van der Waals surface area contributed by atoms with Crippen molar-refractivity contribution in [2.24, 2.45) is 0 Å². The maximum atomic E-state index is 11.9. The van der Waals surface area contributed by atoms with Gasteiger partial charge in [0.2, 0.25) is 0 Å². The maximum Gasteiger partial charge on any atom is 0.339 e. The van der Waals surface area contributed by atoms with Gasteiger partial charge in [-0.25, -0.2) is 4.79 Å². The molecule has 2 N–H and O–H groups in total. The Morgan fingerprint density at radius 3 is 2.58 bits per heavy atom. The summed E-state index contributed by atoms with van der Waals surface area (Å²) in [6.07, 6.45) is 0. The molecule has 0 radical (unpaired) electrons. The van der Waals surface area contributed by atoms with E-state index in [0.29, 0.717) is 16.5 Å². The minimum atomic E-state index is -0.525. The Labute approximate surface area is 165 Å². The highest BCUT2D eigenvalue weighted by Gasteiger charge is 2.13. The molecule has 0 saturated carbocycles. The van der Waals surface area contributed by atoms with Crippen molar-refractivity contribution in [3.05, 3.63) is 58.1 Å². The Bertz CT molecular complexity index is 845. The summed E-state index contributed by atoms with van der Waals surface area (Å²) in [4.78, 5) is 23.7. The second-order valence-corrected chi connectivity index (χ2v) is 6.15. The van der Waals surface area contributed by atoms with E-state index in [4.69, 9.17) is 44.9 Å². The lowest BCUT2D eigenvalue weighted by Gasteiger charge is -2.13. The second-order valence-electron chi connectivity index (χ2n) is 4.90. The smallest absolute Gasteiger partial charge is 0.339 e. The molecule has 0 heterocycles. The van der Waals surface area contributed by atoms with Gasteiger partial charge in [0.05, 0.1) is 23.4 Å². The van der Waals surface area contributed by atoms with Crippen LogP contribution in [0.5, 0.6) is 5.75 Å². The third kappa shape index (κ3) is 5.59. The number of halogens is 2. The van der Waals surface area contributed by atoms with Gasteiger partial charge in [-0.3, -0.25) is 10.1 Å². The number of anilines is 1. The van der Waals surface area contributed by atoms with Gasteiger partial charge in [-0.1, -0.05) is 35.3 Å². The zero-order valence-electron chi connectivity index (χ0n) is 13.5. The summed E-state index contributed by atoms with van der Waals surface area (Å²) in [5.74, 6) is -0.701. The monoisotopic (exact) mass is 412 g/mol. The highest BCUT2D eigenvalue weighted by molar-refractivity contribution is 7.80. The SMILES string of the molecule is COC(=O)c1ccccc1NC(=S)NC(=O)COc1ccc(Cl)cc1Cl. The quantitative estimate of drug-likeness (QED) is 0.576. The van der Waals surface area contributed by atoms with Crippen LogP contribution in [0, 0.1) is 0 Å². The van der Waals surface area contributed by atoms with Gasteiger partial charge in [0.1, 0.15) is 5.75 Å². The van der Waals surface area contributed by atoms with E-state index in [9.17, 15) is 9.59 Å². The highest BCUT2D eigenvalue weighted by atomic mass is 35.5. The predicted octanol–water partition coefficient (Wildman–Crippen LogP) is 3.67. The second kappa shape index (κ2) is 9.38. The Morgan fingerprint density at radius 2 is 1.88 bits per heavy atom. The molecule has 136 valence electrons. The minimum absolute atomic E-state index is 0.0113. The molecule has 1 amide bonds. The molecular formula is C17H14Cl2N2O4S. The van der Waals surface area contributed by atoms with Crippen molar-refractivity contribution in [2.75, 3.05) is 19.0 Å². The number of rotatable bonds is 5. The van der Waals surface area contributed by atoms with Crippen LogP contribution in [-0.4, -0.2) is 30.7 Å². The fourth-order valence-corrected chi connectivity index (χ4v) is 2.62. The third-order valence-corrected chi connectivity index (χ3v) is 3.82. The molecule has 0 atom stereocenters. The average molecular weight is 413 g/mol. The summed E-state index contributed by atoms with van der Waals surface area (Å²) in [6.45, 7) is -0.304. The molecule has 0 bridgehead atoms. The summed E-state index contributed by atoms with van der Waals surface area (Å²) in [5.41, 5.74) is 0.696. The molecule has 0 unspecified atom stereocenters. The van der Waals surface area contributed by atoms with Crippen LogP contribution in [0.25, 0.3) is 0 Å². The summed E-state index contributed by atoms with van der Waals surface area (Å²) < 4.78 is 10.0. The molecule has 2 rings (SSSR count). The van der Waals surface area contributed by atoms with E-state index < -0.39 is 11.9 Å². The Hall–Kier alpha value is -2.35. The fraction of sp³-hybridized carbons (Fsp3) is 0.118. The number of amides is 1. The molecule has 6 nitrogen and oxygen atoms in total. The van der Waals surface area contributed by atoms with Crippen LogP contribution >= 0.6 is 35.4 Å². The van der Waals surface area contributed by atoms with Crippen LogP contribution in [0.3, 0.4) is 0 Å². The molecule has 0 aliphatic carbocycles. The van der Waals surface area contributed by atoms with E-state index >= 15 is 0 Å². The van der Waals surface area contributed by atoms with Gasteiger partial charge in [0.25, 0.3) is 5.91 Å². The average Bonchev–Trinajstić information content (AvgIpc) is 2.60. The van der Waals surface area contributed by atoms with E-state index in [0.717, 1.165) is 0 Å². The van der Waals surface area contributed by atoms with E-state index in [1.54, 1.807) is 36.4 Å². The first kappa shape index (κ1) is 20.0. The Kier molecular flexibility index (Phi) is 7.20. The van der Waals surface area contributed by atoms with Crippen LogP contribution in [0.15, 0.2) is 42.5 Å². The number of nitrogens with one attached hydrogen (secondary N) is 2. The number of benzene rings is 2. The van der Waals surface area contributed by atoms with Crippen LogP contribution in [0.1, 0.15) is 10.4 Å². The molecule has 2 aromatic rings. The van der Waals surface area contributed by atoms with E-state index in [1.807, 2.05) is 0 Å². The Balaban J connectivity index is 1.92. The topological polar surface area (TPSA) is 76.7 Å². The van der Waals surface area contributed by atoms with Gasteiger partial charge in [-0.15, -0.1) is 0 Å². The van der Waals surface area contributed by atoms with Crippen molar-refractivity contribution >= 4 is 58.1 Å². The third-order valence-electron chi connectivity index (χ3n) is 3.09. The lowest BCUT2D eigenvalue weighted by molar-refractivity contribution is -0.121. The molecular weight excluding hydrogens is 399 g/mol. The molecule has 26 heavy (non-hydrogen) atoms. The molecule has 0 aliphatic heterocycles. The standard InChI is InChI=1S/C17H14Cl2N2O4S/c1-24-16(23)11-4-2-3-5-13(11)20-17(26)21-15(22)9-25-14-7-6-10(18)8-12(14)19/h2-8H,9H2,1H3,(H2,20,21,22,26). The summed E-state index contributed by atoms with van der Waals surface area (Å²) in [6, 6.07) is 11.3. The first-order valence-electron chi connectivity index (χ1n) is 7.26. The lowest BCUT2D eigenvalue weighted by atomic mass is 10.2. The maximum absolute atomic E-state index is 11.9. The summed E-state index contributed by atoms with van der Waals surface area (Å²) >= 11 is 16.8. The van der Waals surface area contributed by atoms with Crippen molar-refractivity contribution in [1.29, 1.82) is 0 Å². The molecule has 9 heteroatoms. The molecule has 0 fully saturated rings. The van der Waals surface area contributed by atoms with Crippen molar-refractivity contribution in [1.82, 2.24) is 5.32 Å². The zero-order valence-corrected chi connectivity index (χ0v) is 15.9. The number of methoxy groups -OCH3 is 1. The van der Waals surface area contributed by atoms with Crippen molar-refractivity contribution in [3.8, 4) is 5.75 Å².